The summed E-state index contributed by atoms with van der Waals surface area (Å²) in [5, 5.41) is 0. The molecule has 1 aromatic carbocycles. The molecule has 0 N–H and O–H groups in total. The molecule has 0 radical (unpaired) electrons. The van der Waals surface area contributed by atoms with Gasteiger partial charge in [-0.15, -0.1) is 0 Å². The lowest BCUT2D eigenvalue weighted by atomic mass is 10.1. The molecule has 20 heavy (non-hydrogen) atoms. The van der Waals surface area contributed by atoms with Crippen molar-refractivity contribution >= 4 is 5.91 Å². The third kappa shape index (κ3) is 4.75. The number of carbonyl (C=O) groups is 1. The topological polar surface area (TPSA) is 29.5 Å². The number of para-hydroxylation sites is 1. The van der Waals surface area contributed by atoms with Crippen LogP contribution in [0.3, 0.4) is 0 Å². The summed E-state index contributed by atoms with van der Waals surface area (Å²) in [6.45, 7) is 2.63. The molecule has 1 rings (SSSR count). The summed E-state index contributed by atoms with van der Waals surface area (Å²) in [6.07, 6.45) is -3.95. The van der Waals surface area contributed by atoms with Crippen LogP contribution in [0.5, 0.6) is 5.75 Å². The van der Waals surface area contributed by atoms with Crippen LogP contribution in [0.15, 0.2) is 24.3 Å². The fraction of sp³-hybridized carbons (Fsp3) is 0.500. The van der Waals surface area contributed by atoms with Gasteiger partial charge < -0.3 is 9.64 Å². The van der Waals surface area contributed by atoms with Gasteiger partial charge in [0.25, 0.3) is 5.91 Å². The van der Waals surface area contributed by atoms with Crippen LogP contribution in [0.1, 0.15) is 30.6 Å². The highest BCUT2D eigenvalue weighted by atomic mass is 19.4. The van der Waals surface area contributed by atoms with E-state index in [2.05, 4.69) is 0 Å². The van der Waals surface area contributed by atoms with Gasteiger partial charge in [0.2, 0.25) is 0 Å². The van der Waals surface area contributed by atoms with Crippen molar-refractivity contribution < 1.29 is 22.7 Å². The molecule has 0 aliphatic heterocycles. The van der Waals surface area contributed by atoms with Crippen LogP contribution < -0.4 is 4.74 Å². The number of hydrogen-bond donors (Lipinski definition) is 0. The minimum Gasteiger partial charge on any atom is -0.493 e. The molecule has 0 aliphatic carbocycles. The number of amides is 1. The number of benzene rings is 1. The molecule has 0 spiro atoms. The Labute approximate surface area is 116 Å². The molecule has 0 unspecified atom stereocenters. The lowest BCUT2D eigenvalue weighted by molar-refractivity contribution is -0.140. The molecule has 6 heteroatoms. The predicted octanol–water partition coefficient (Wildman–Crippen LogP) is 3.50. The predicted molar refractivity (Wildman–Crippen MR) is 69.9 cm³/mol. The van der Waals surface area contributed by atoms with Gasteiger partial charge >= 0.3 is 6.18 Å². The van der Waals surface area contributed by atoms with E-state index in [0.717, 1.165) is 4.90 Å². The largest absolute Gasteiger partial charge is 0.493 e. The summed E-state index contributed by atoms with van der Waals surface area (Å²) in [5.41, 5.74) is 0.159. The van der Waals surface area contributed by atoms with Gasteiger partial charge in [0.1, 0.15) is 12.3 Å². The summed E-state index contributed by atoms with van der Waals surface area (Å²) < 4.78 is 42.9. The maximum Gasteiger partial charge on any atom is 0.406 e. The molecule has 1 amide bonds. The number of nitrogens with zero attached hydrogens (tertiary/aromatic N) is 1. The summed E-state index contributed by atoms with van der Waals surface area (Å²) >= 11 is 0. The lowest BCUT2D eigenvalue weighted by Crippen LogP contribution is -2.39. The van der Waals surface area contributed by atoms with Crippen molar-refractivity contribution in [3.63, 3.8) is 0 Å². The average Bonchev–Trinajstić information content (AvgIpc) is 2.37. The van der Waals surface area contributed by atoms with Gasteiger partial charge in [0, 0.05) is 6.54 Å². The molecule has 0 aromatic heterocycles. The summed E-state index contributed by atoms with van der Waals surface area (Å²) in [6, 6.07) is 6.34. The van der Waals surface area contributed by atoms with Crippen LogP contribution in [-0.2, 0) is 0 Å². The maximum atomic E-state index is 12.5. The van der Waals surface area contributed by atoms with E-state index in [-0.39, 0.29) is 12.1 Å². The Kier molecular flexibility index (Phi) is 5.85. The highest BCUT2D eigenvalue weighted by Crippen LogP contribution is 2.23. The Morgan fingerprint density at radius 1 is 1.25 bits per heavy atom. The van der Waals surface area contributed by atoms with E-state index >= 15 is 0 Å². The molecule has 0 bridgehead atoms. The number of hydrogen-bond acceptors (Lipinski definition) is 2. The highest BCUT2D eigenvalue weighted by Gasteiger charge is 2.33. The molecule has 0 heterocycles. The minimum atomic E-state index is -4.41. The van der Waals surface area contributed by atoms with Crippen LogP contribution in [0.2, 0.25) is 0 Å². The van der Waals surface area contributed by atoms with Gasteiger partial charge in [-0.05, 0) is 25.5 Å². The Morgan fingerprint density at radius 2 is 1.90 bits per heavy atom. The zero-order chi connectivity index (χ0) is 15.2. The minimum absolute atomic E-state index is 0.0544. The van der Waals surface area contributed by atoms with Crippen molar-refractivity contribution in [1.29, 1.82) is 0 Å². The number of carbonyl (C=O) groups excluding carboxylic acids is 1. The number of halogens is 3. The second-order valence-electron chi connectivity index (χ2n) is 4.27. The molecule has 0 saturated heterocycles. The van der Waals surface area contributed by atoms with Gasteiger partial charge in [0.05, 0.1) is 12.2 Å². The number of alkyl halides is 3. The Morgan fingerprint density at radius 3 is 2.45 bits per heavy atom. The number of ether oxygens (including phenoxy) is 1. The maximum absolute atomic E-state index is 12.5. The SMILES string of the molecule is CCCN(CC(F)(F)F)C(=O)c1ccccc1OCC. The first-order chi connectivity index (χ1) is 9.39. The van der Waals surface area contributed by atoms with Gasteiger partial charge in [-0.25, -0.2) is 0 Å². The van der Waals surface area contributed by atoms with E-state index < -0.39 is 18.6 Å². The first-order valence-corrected chi connectivity index (χ1v) is 6.47. The number of rotatable bonds is 6. The van der Waals surface area contributed by atoms with Crippen molar-refractivity contribution in [3.8, 4) is 5.75 Å². The fourth-order valence-corrected chi connectivity index (χ4v) is 1.83. The van der Waals surface area contributed by atoms with Crippen LogP contribution in [0.4, 0.5) is 13.2 Å². The molecule has 0 aliphatic rings. The van der Waals surface area contributed by atoms with Gasteiger partial charge in [-0.1, -0.05) is 19.1 Å². The van der Waals surface area contributed by atoms with Crippen LogP contribution in [0.25, 0.3) is 0 Å². The van der Waals surface area contributed by atoms with E-state index in [1.807, 2.05) is 0 Å². The van der Waals surface area contributed by atoms with Gasteiger partial charge in [-0.3, -0.25) is 4.79 Å². The molecule has 1 aromatic rings. The normalized spacial score (nSPS) is 11.2. The molecule has 0 saturated carbocycles. The molecular weight excluding hydrogens is 271 g/mol. The zero-order valence-electron chi connectivity index (χ0n) is 11.5. The Bertz CT molecular complexity index is 446. The lowest BCUT2D eigenvalue weighted by Gasteiger charge is -2.24. The van der Waals surface area contributed by atoms with E-state index in [1.54, 1.807) is 32.0 Å². The second-order valence-corrected chi connectivity index (χ2v) is 4.27. The van der Waals surface area contributed by atoms with E-state index in [0.29, 0.717) is 18.8 Å². The fourth-order valence-electron chi connectivity index (χ4n) is 1.83. The van der Waals surface area contributed by atoms with Crippen molar-refractivity contribution in [2.24, 2.45) is 0 Å². The first-order valence-electron chi connectivity index (χ1n) is 6.47. The zero-order valence-corrected chi connectivity index (χ0v) is 11.5. The van der Waals surface area contributed by atoms with Crippen LogP contribution in [-0.4, -0.2) is 36.7 Å². The molecule has 3 nitrogen and oxygen atoms in total. The van der Waals surface area contributed by atoms with Crippen molar-refractivity contribution in [2.75, 3.05) is 19.7 Å². The Hall–Kier alpha value is -1.72. The summed E-state index contributed by atoms with van der Waals surface area (Å²) in [4.78, 5) is 13.1. The summed E-state index contributed by atoms with van der Waals surface area (Å²) in [5.74, 6) is -0.350. The van der Waals surface area contributed by atoms with Crippen LogP contribution >= 0.6 is 0 Å². The molecule has 112 valence electrons. The van der Waals surface area contributed by atoms with Crippen molar-refractivity contribution in [2.45, 2.75) is 26.4 Å². The van der Waals surface area contributed by atoms with E-state index in [1.165, 1.54) is 6.07 Å². The van der Waals surface area contributed by atoms with Crippen molar-refractivity contribution in [1.82, 2.24) is 4.90 Å². The van der Waals surface area contributed by atoms with Gasteiger partial charge in [-0.2, -0.15) is 13.2 Å². The third-order valence-electron chi connectivity index (χ3n) is 2.57. The average molecular weight is 289 g/mol. The molecule has 0 fully saturated rings. The summed E-state index contributed by atoms with van der Waals surface area (Å²) in [7, 11) is 0. The van der Waals surface area contributed by atoms with Gasteiger partial charge in [0.15, 0.2) is 0 Å². The quantitative estimate of drug-likeness (QED) is 0.802. The smallest absolute Gasteiger partial charge is 0.406 e. The monoisotopic (exact) mass is 289 g/mol. The third-order valence-corrected chi connectivity index (χ3v) is 2.57. The van der Waals surface area contributed by atoms with E-state index in [9.17, 15) is 18.0 Å². The molecular formula is C14H18F3NO2. The second kappa shape index (κ2) is 7.17. The first kappa shape index (κ1) is 16.3. The highest BCUT2D eigenvalue weighted by molar-refractivity contribution is 5.97. The van der Waals surface area contributed by atoms with Crippen LogP contribution in [0, 0.1) is 0 Å². The Balaban J connectivity index is 3.00. The van der Waals surface area contributed by atoms with Crippen molar-refractivity contribution in [3.05, 3.63) is 29.8 Å². The molecule has 0 atom stereocenters. The van der Waals surface area contributed by atoms with E-state index in [4.69, 9.17) is 4.74 Å². The standard InChI is InChI=1S/C14H18F3NO2/c1-3-9-18(10-14(15,16)17)13(19)11-7-5-6-8-12(11)20-4-2/h5-8H,3-4,9-10H2,1-2H3.